The first kappa shape index (κ1) is 32.4. The number of methoxy groups -OCH3 is 1. The average molecular weight is 584 g/mol. The average Bonchev–Trinajstić information content (AvgIpc) is 3.39. The molecule has 3 rings (SSSR count). The number of anilines is 1. The van der Waals surface area contributed by atoms with Crippen LogP contribution in [0, 0.1) is 0 Å². The molecule has 6 N–H and O–H groups in total. The van der Waals surface area contributed by atoms with Gasteiger partial charge in [0.1, 0.15) is 17.5 Å². The van der Waals surface area contributed by atoms with Crippen molar-refractivity contribution in [1.29, 1.82) is 0 Å². The lowest BCUT2D eigenvalue weighted by atomic mass is 10.00. The van der Waals surface area contributed by atoms with Gasteiger partial charge in [-0.1, -0.05) is 5.16 Å². The number of rotatable bonds is 15. The van der Waals surface area contributed by atoms with Crippen LogP contribution in [0.5, 0.6) is 17.2 Å². The number of nitrogens with zero attached hydrogens (tertiary/aromatic N) is 2. The zero-order chi connectivity index (χ0) is 31.1. The summed E-state index contributed by atoms with van der Waals surface area (Å²) in [5.41, 5.74) is 18.3. The molecule has 0 saturated heterocycles. The smallest absolute Gasteiger partial charge is 0.254 e. The predicted molar refractivity (Wildman–Crippen MR) is 159 cm³/mol. The second kappa shape index (κ2) is 14.1. The van der Waals surface area contributed by atoms with Crippen molar-refractivity contribution in [3.05, 3.63) is 41.6 Å². The number of carbonyl (C=O) groups is 3. The van der Waals surface area contributed by atoms with E-state index in [0.717, 1.165) is 0 Å². The summed E-state index contributed by atoms with van der Waals surface area (Å²) in [7, 11) is 1.54. The molecular formula is C30H41N5O7. The summed E-state index contributed by atoms with van der Waals surface area (Å²) in [5, 5.41) is 4.11. The van der Waals surface area contributed by atoms with Crippen LogP contribution in [0.2, 0.25) is 0 Å². The molecule has 1 heterocycles. The van der Waals surface area contributed by atoms with Crippen LogP contribution in [0.15, 0.2) is 34.9 Å². The van der Waals surface area contributed by atoms with Crippen LogP contribution in [0.1, 0.15) is 68.3 Å². The fourth-order valence-electron chi connectivity index (χ4n) is 4.57. The van der Waals surface area contributed by atoms with Crippen molar-refractivity contribution in [3.8, 4) is 17.2 Å². The van der Waals surface area contributed by atoms with Gasteiger partial charge in [0, 0.05) is 17.6 Å². The highest BCUT2D eigenvalue weighted by Gasteiger charge is 2.30. The highest BCUT2D eigenvalue weighted by atomic mass is 16.5. The minimum atomic E-state index is -1.45. The zero-order valence-electron chi connectivity index (χ0n) is 25.0. The summed E-state index contributed by atoms with van der Waals surface area (Å²) in [6, 6.07) is 6.17. The van der Waals surface area contributed by atoms with Crippen molar-refractivity contribution in [2.45, 2.75) is 71.6 Å². The Labute approximate surface area is 245 Å². The van der Waals surface area contributed by atoms with Crippen molar-refractivity contribution < 1.29 is 33.1 Å². The first-order valence-corrected chi connectivity index (χ1v) is 13.9. The number of Topliss-reactive ketones (excluding diaryl/α,β-unsaturated/α-hetero) is 2. The third-order valence-corrected chi connectivity index (χ3v) is 6.72. The van der Waals surface area contributed by atoms with E-state index in [1.807, 2.05) is 32.6 Å². The van der Waals surface area contributed by atoms with Gasteiger partial charge in [0.05, 0.1) is 31.8 Å². The Morgan fingerprint density at radius 2 is 1.50 bits per heavy atom. The molecule has 228 valence electrons. The Hall–Kier alpha value is -4.16. The molecule has 0 bridgehead atoms. The number of fused-ring (bicyclic) bond motifs is 1. The van der Waals surface area contributed by atoms with Gasteiger partial charge >= 0.3 is 0 Å². The highest BCUT2D eigenvalue weighted by molar-refractivity contribution is 6.19. The second-order valence-electron chi connectivity index (χ2n) is 10.6. The number of nitrogens with two attached hydrogens (primary N) is 3. The number of aromatic nitrogens is 1. The van der Waals surface area contributed by atoms with Crippen LogP contribution in [0.25, 0.3) is 11.0 Å². The number of nitrogen functional groups attached to an aromatic ring is 1. The standard InChI is InChI=1S/C30H41N5O7/c1-16(2)35(17(3)4)30(38)19-9-11-21(23(15-19)39-6)40-13-7-8-14-41-22-12-10-20-26(34-42-29(20)24(22)32)28(37)25(33)27(36)18(5)31/h9-12,15-18,25H,7-8,13-14,31-33H2,1-6H3. The first-order chi connectivity index (χ1) is 19.9. The number of unbranched alkanes of at least 4 members (excludes halogenated alkanes) is 1. The van der Waals surface area contributed by atoms with E-state index in [0.29, 0.717) is 54.3 Å². The first-order valence-electron chi connectivity index (χ1n) is 13.9. The number of hydrogen-bond acceptors (Lipinski definition) is 11. The van der Waals surface area contributed by atoms with E-state index in [4.69, 9.17) is 35.9 Å². The van der Waals surface area contributed by atoms with Gasteiger partial charge in [0.25, 0.3) is 5.91 Å². The van der Waals surface area contributed by atoms with Crippen LogP contribution < -0.4 is 31.4 Å². The molecule has 42 heavy (non-hydrogen) atoms. The second-order valence-corrected chi connectivity index (χ2v) is 10.6. The van der Waals surface area contributed by atoms with Gasteiger partial charge in [-0.2, -0.15) is 0 Å². The van der Waals surface area contributed by atoms with E-state index in [9.17, 15) is 14.4 Å². The number of hydrogen-bond donors (Lipinski definition) is 3. The molecule has 2 atom stereocenters. The molecule has 3 aromatic rings. The molecule has 0 radical (unpaired) electrons. The lowest BCUT2D eigenvalue weighted by Gasteiger charge is -2.31. The topological polar surface area (TPSA) is 186 Å². The summed E-state index contributed by atoms with van der Waals surface area (Å²) in [6.07, 6.45) is 1.33. The van der Waals surface area contributed by atoms with E-state index in [2.05, 4.69) is 5.16 Å². The van der Waals surface area contributed by atoms with Gasteiger partial charge in [0.15, 0.2) is 28.6 Å². The van der Waals surface area contributed by atoms with Crippen LogP contribution in [-0.4, -0.2) is 72.0 Å². The molecule has 0 aliphatic heterocycles. The van der Waals surface area contributed by atoms with Crippen LogP contribution in [0.3, 0.4) is 0 Å². The van der Waals surface area contributed by atoms with Crippen molar-refractivity contribution in [2.24, 2.45) is 11.5 Å². The number of ether oxygens (including phenoxy) is 3. The fraction of sp³-hybridized carbons (Fsp3) is 0.467. The Kier molecular flexibility index (Phi) is 10.9. The van der Waals surface area contributed by atoms with E-state index in [1.54, 1.807) is 30.3 Å². The molecule has 0 spiro atoms. The van der Waals surface area contributed by atoms with Gasteiger partial charge in [-0.15, -0.1) is 0 Å². The monoisotopic (exact) mass is 583 g/mol. The molecule has 2 unspecified atom stereocenters. The van der Waals surface area contributed by atoms with Gasteiger partial charge < -0.3 is 40.8 Å². The Balaban J connectivity index is 1.55. The maximum atomic E-state index is 13.0. The largest absolute Gasteiger partial charge is 0.493 e. The number of ketones is 2. The van der Waals surface area contributed by atoms with Crippen molar-refractivity contribution in [3.63, 3.8) is 0 Å². The summed E-state index contributed by atoms with van der Waals surface area (Å²) >= 11 is 0. The summed E-state index contributed by atoms with van der Waals surface area (Å²) in [5.74, 6) is 0.0378. The van der Waals surface area contributed by atoms with Gasteiger partial charge in [-0.05, 0) is 77.8 Å². The maximum absolute atomic E-state index is 13.0. The number of amides is 1. The SMILES string of the molecule is COc1cc(C(=O)N(C(C)C)C(C)C)ccc1OCCCCOc1ccc2c(C(=O)C(N)C(=O)C(C)N)noc2c1N. The number of carbonyl (C=O) groups excluding carboxylic acids is 3. The Bertz CT molecular complexity index is 1410. The summed E-state index contributed by atoms with van der Waals surface area (Å²) < 4.78 is 22.5. The highest BCUT2D eigenvalue weighted by Crippen LogP contribution is 2.33. The lowest BCUT2D eigenvalue weighted by Crippen LogP contribution is -2.46. The number of benzene rings is 2. The Morgan fingerprint density at radius 3 is 2.07 bits per heavy atom. The van der Waals surface area contributed by atoms with E-state index in [-0.39, 0.29) is 35.0 Å². The van der Waals surface area contributed by atoms with Gasteiger partial charge in [-0.3, -0.25) is 14.4 Å². The molecule has 1 aromatic heterocycles. The molecule has 12 nitrogen and oxygen atoms in total. The molecule has 12 heteroatoms. The zero-order valence-corrected chi connectivity index (χ0v) is 25.0. The fourth-order valence-corrected chi connectivity index (χ4v) is 4.57. The van der Waals surface area contributed by atoms with Crippen LogP contribution >= 0.6 is 0 Å². The van der Waals surface area contributed by atoms with E-state index < -0.39 is 23.7 Å². The van der Waals surface area contributed by atoms with Gasteiger partial charge in [-0.25, -0.2) is 0 Å². The minimum Gasteiger partial charge on any atom is -0.493 e. The maximum Gasteiger partial charge on any atom is 0.254 e. The van der Waals surface area contributed by atoms with E-state index >= 15 is 0 Å². The minimum absolute atomic E-state index is 0.0625. The molecule has 0 saturated carbocycles. The molecule has 2 aromatic carbocycles. The molecular weight excluding hydrogens is 542 g/mol. The molecule has 0 fully saturated rings. The predicted octanol–water partition coefficient (Wildman–Crippen LogP) is 3.34. The van der Waals surface area contributed by atoms with Crippen LogP contribution in [0.4, 0.5) is 5.69 Å². The van der Waals surface area contributed by atoms with Crippen molar-refractivity contribution >= 4 is 34.1 Å². The summed E-state index contributed by atoms with van der Waals surface area (Å²) in [6.45, 7) is 10.2. The van der Waals surface area contributed by atoms with Gasteiger partial charge in [0.2, 0.25) is 5.78 Å². The quantitative estimate of drug-likeness (QED) is 0.103. The molecule has 0 aliphatic carbocycles. The van der Waals surface area contributed by atoms with E-state index in [1.165, 1.54) is 14.0 Å². The van der Waals surface area contributed by atoms with Crippen molar-refractivity contribution in [2.75, 3.05) is 26.1 Å². The Morgan fingerprint density at radius 1 is 0.905 bits per heavy atom. The van der Waals surface area contributed by atoms with Crippen molar-refractivity contribution in [1.82, 2.24) is 10.1 Å². The third-order valence-electron chi connectivity index (χ3n) is 6.72. The lowest BCUT2D eigenvalue weighted by molar-refractivity contribution is -0.120. The third kappa shape index (κ3) is 7.18. The molecule has 0 aliphatic rings. The normalized spacial score (nSPS) is 12.8. The molecule has 1 amide bonds. The summed E-state index contributed by atoms with van der Waals surface area (Å²) in [4.78, 5) is 39.5. The van der Waals surface area contributed by atoms with Crippen LogP contribution in [-0.2, 0) is 4.79 Å².